The van der Waals surface area contributed by atoms with Gasteiger partial charge in [-0.1, -0.05) is 0 Å². The molecule has 0 aromatic carbocycles. The van der Waals surface area contributed by atoms with Crippen LogP contribution in [0.3, 0.4) is 0 Å². The first-order valence-electron chi connectivity index (χ1n) is 8.09. The molecular formula is C16H28N4O2S. The highest BCUT2D eigenvalue weighted by Gasteiger charge is 2.18. The molecule has 0 unspecified atom stereocenters. The van der Waals surface area contributed by atoms with E-state index < -0.39 is 0 Å². The third-order valence-corrected chi connectivity index (χ3v) is 4.72. The Kier molecular flexibility index (Phi) is 7.29. The van der Waals surface area contributed by atoms with E-state index in [1.807, 2.05) is 21.0 Å². The molecule has 23 heavy (non-hydrogen) atoms. The third-order valence-electron chi connectivity index (χ3n) is 4.02. The third kappa shape index (κ3) is 6.10. The molecule has 2 N–H and O–H groups in total. The van der Waals surface area contributed by atoms with Crippen molar-refractivity contribution in [2.24, 2.45) is 0 Å². The Labute approximate surface area is 142 Å². The summed E-state index contributed by atoms with van der Waals surface area (Å²) in [6.45, 7) is 6.94. The Morgan fingerprint density at radius 1 is 1.43 bits per heavy atom. The molecule has 1 fully saturated rings. The number of rotatable bonds is 7. The van der Waals surface area contributed by atoms with Crippen molar-refractivity contribution in [3.63, 3.8) is 0 Å². The van der Waals surface area contributed by atoms with E-state index >= 15 is 0 Å². The van der Waals surface area contributed by atoms with Crippen LogP contribution in [-0.2, 0) is 4.74 Å². The van der Waals surface area contributed by atoms with Crippen molar-refractivity contribution in [2.45, 2.75) is 19.0 Å². The molecular weight excluding hydrogens is 312 g/mol. The summed E-state index contributed by atoms with van der Waals surface area (Å²) in [6, 6.07) is 2.32. The van der Waals surface area contributed by atoms with Gasteiger partial charge in [-0.2, -0.15) is 11.3 Å². The van der Waals surface area contributed by atoms with Gasteiger partial charge in [0.25, 0.3) is 0 Å². The van der Waals surface area contributed by atoms with Gasteiger partial charge in [0.1, 0.15) is 0 Å². The highest BCUT2D eigenvalue weighted by Crippen LogP contribution is 2.19. The predicted octanol–water partition coefficient (Wildman–Crippen LogP) is 1.37. The van der Waals surface area contributed by atoms with Crippen molar-refractivity contribution in [3.05, 3.63) is 22.4 Å². The number of carbonyl (C=O) groups excluding carboxylic acids is 1. The Morgan fingerprint density at radius 2 is 2.17 bits per heavy atom. The van der Waals surface area contributed by atoms with Gasteiger partial charge in [0.2, 0.25) is 0 Å². The molecule has 2 atom stereocenters. The quantitative estimate of drug-likeness (QED) is 0.787. The molecule has 0 bridgehead atoms. The fourth-order valence-corrected chi connectivity index (χ4v) is 3.45. The molecule has 6 nitrogen and oxygen atoms in total. The van der Waals surface area contributed by atoms with Crippen LogP contribution in [0.1, 0.15) is 18.5 Å². The zero-order chi connectivity index (χ0) is 16.7. The number of amides is 2. The summed E-state index contributed by atoms with van der Waals surface area (Å²) in [6.07, 6.45) is 0. The Hall–Kier alpha value is -1.15. The van der Waals surface area contributed by atoms with Crippen LogP contribution in [0.25, 0.3) is 0 Å². The molecule has 2 heterocycles. The van der Waals surface area contributed by atoms with Crippen LogP contribution in [0, 0.1) is 0 Å². The largest absolute Gasteiger partial charge is 0.379 e. The molecule has 1 aromatic heterocycles. The van der Waals surface area contributed by atoms with Crippen molar-refractivity contribution in [3.8, 4) is 0 Å². The van der Waals surface area contributed by atoms with E-state index in [0.29, 0.717) is 6.54 Å². The molecule has 0 radical (unpaired) electrons. The lowest BCUT2D eigenvalue weighted by atomic mass is 10.1. The van der Waals surface area contributed by atoms with Crippen LogP contribution < -0.4 is 10.6 Å². The topological polar surface area (TPSA) is 56.8 Å². The van der Waals surface area contributed by atoms with Crippen LogP contribution in [0.5, 0.6) is 0 Å². The number of thiophene rings is 1. The smallest absolute Gasteiger partial charge is 0.315 e. The van der Waals surface area contributed by atoms with E-state index in [2.05, 4.69) is 37.3 Å². The van der Waals surface area contributed by atoms with E-state index in [-0.39, 0.29) is 18.1 Å². The lowest BCUT2D eigenvalue weighted by Gasteiger charge is -2.29. The lowest BCUT2D eigenvalue weighted by molar-refractivity contribution is 0.0349. The number of ether oxygens (including phenoxy) is 1. The maximum atomic E-state index is 12.1. The Bertz CT molecular complexity index is 461. The highest BCUT2D eigenvalue weighted by molar-refractivity contribution is 7.07. The zero-order valence-electron chi connectivity index (χ0n) is 14.2. The van der Waals surface area contributed by atoms with E-state index in [0.717, 1.165) is 32.8 Å². The van der Waals surface area contributed by atoms with Gasteiger partial charge in [0.15, 0.2) is 0 Å². The van der Waals surface area contributed by atoms with Crippen molar-refractivity contribution in [1.29, 1.82) is 0 Å². The van der Waals surface area contributed by atoms with Crippen molar-refractivity contribution in [1.82, 2.24) is 20.4 Å². The van der Waals surface area contributed by atoms with Crippen LogP contribution in [-0.4, -0.2) is 75.4 Å². The average Bonchev–Trinajstić information content (AvgIpc) is 3.02. The van der Waals surface area contributed by atoms with Crippen LogP contribution in [0.4, 0.5) is 4.79 Å². The highest BCUT2D eigenvalue weighted by atomic mass is 32.1. The SMILES string of the molecule is C[C@@H](CN1CCOCC1)NC(=O)NC[C@H](c1ccsc1)N(C)C. The Balaban J connectivity index is 1.72. The number of urea groups is 1. The summed E-state index contributed by atoms with van der Waals surface area (Å²) in [7, 11) is 4.06. The fourth-order valence-electron chi connectivity index (χ4n) is 2.74. The molecule has 1 aromatic rings. The fraction of sp³-hybridized carbons (Fsp3) is 0.688. The Morgan fingerprint density at radius 3 is 2.78 bits per heavy atom. The molecule has 0 saturated carbocycles. The van der Waals surface area contributed by atoms with Crippen LogP contribution in [0.15, 0.2) is 16.8 Å². The number of morpholine rings is 1. The normalized spacial score (nSPS) is 18.6. The van der Waals surface area contributed by atoms with Gasteiger partial charge in [0, 0.05) is 32.2 Å². The first-order chi connectivity index (χ1) is 11.1. The van der Waals surface area contributed by atoms with Crippen molar-refractivity contribution < 1.29 is 9.53 Å². The number of nitrogens with one attached hydrogen (secondary N) is 2. The maximum Gasteiger partial charge on any atom is 0.315 e. The summed E-state index contributed by atoms with van der Waals surface area (Å²) in [5.41, 5.74) is 1.24. The van der Waals surface area contributed by atoms with Crippen molar-refractivity contribution in [2.75, 3.05) is 53.5 Å². The minimum absolute atomic E-state index is 0.104. The van der Waals surface area contributed by atoms with Gasteiger partial charge in [-0.15, -0.1) is 0 Å². The number of hydrogen-bond acceptors (Lipinski definition) is 5. The predicted molar refractivity (Wildman–Crippen MR) is 94.0 cm³/mol. The average molecular weight is 340 g/mol. The molecule has 1 aliphatic rings. The van der Waals surface area contributed by atoms with Gasteiger partial charge in [0.05, 0.1) is 19.3 Å². The van der Waals surface area contributed by atoms with E-state index in [4.69, 9.17) is 4.74 Å². The second kappa shape index (κ2) is 9.22. The standard InChI is InChI=1S/C16H28N4O2S/c1-13(11-20-5-7-22-8-6-20)18-16(21)17-10-15(19(2)3)14-4-9-23-12-14/h4,9,12-13,15H,5-8,10-11H2,1-3H3,(H2,17,18,21)/t13-,15+/m0/s1. The van der Waals surface area contributed by atoms with Gasteiger partial charge in [-0.05, 0) is 43.4 Å². The number of carbonyl (C=O) groups is 1. The van der Waals surface area contributed by atoms with Gasteiger partial charge in [-0.3, -0.25) is 4.90 Å². The van der Waals surface area contributed by atoms with E-state index in [9.17, 15) is 4.79 Å². The van der Waals surface area contributed by atoms with Gasteiger partial charge >= 0.3 is 6.03 Å². The molecule has 2 amide bonds. The molecule has 0 aliphatic carbocycles. The number of likely N-dealkylation sites (N-methyl/N-ethyl adjacent to an activating group) is 1. The summed E-state index contributed by atoms with van der Waals surface area (Å²) in [5, 5.41) is 10.2. The van der Waals surface area contributed by atoms with E-state index in [1.165, 1.54) is 5.56 Å². The molecule has 1 aliphatic heterocycles. The molecule has 0 spiro atoms. The number of hydrogen-bond donors (Lipinski definition) is 2. The minimum Gasteiger partial charge on any atom is -0.379 e. The second-order valence-electron chi connectivity index (χ2n) is 6.20. The second-order valence-corrected chi connectivity index (χ2v) is 6.98. The van der Waals surface area contributed by atoms with Gasteiger partial charge < -0.3 is 20.3 Å². The molecule has 7 heteroatoms. The molecule has 130 valence electrons. The summed E-state index contributed by atoms with van der Waals surface area (Å²) in [5.74, 6) is 0. The number of nitrogens with zero attached hydrogens (tertiary/aromatic N) is 2. The maximum absolute atomic E-state index is 12.1. The van der Waals surface area contributed by atoms with Crippen LogP contribution >= 0.6 is 11.3 Å². The minimum atomic E-state index is -0.104. The van der Waals surface area contributed by atoms with Crippen LogP contribution in [0.2, 0.25) is 0 Å². The summed E-state index contributed by atoms with van der Waals surface area (Å²) >= 11 is 1.68. The first kappa shape index (κ1) is 18.2. The molecule has 1 saturated heterocycles. The van der Waals surface area contributed by atoms with E-state index in [1.54, 1.807) is 11.3 Å². The monoisotopic (exact) mass is 340 g/mol. The lowest BCUT2D eigenvalue weighted by Crippen LogP contribution is -2.49. The zero-order valence-corrected chi connectivity index (χ0v) is 15.1. The van der Waals surface area contributed by atoms with Crippen molar-refractivity contribution >= 4 is 17.4 Å². The molecule has 2 rings (SSSR count). The summed E-state index contributed by atoms with van der Waals surface area (Å²) < 4.78 is 5.34. The first-order valence-corrected chi connectivity index (χ1v) is 9.03. The summed E-state index contributed by atoms with van der Waals surface area (Å²) in [4.78, 5) is 16.6. The van der Waals surface area contributed by atoms with Gasteiger partial charge in [-0.25, -0.2) is 4.79 Å².